The lowest BCUT2D eigenvalue weighted by Crippen LogP contribution is -2.17. The molecule has 0 radical (unpaired) electrons. The molecule has 0 spiro atoms. The third-order valence-corrected chi connectivity index (χ3v) is 6.08. The van der Waals surface area contributed by atoms with Crippen LogP contribution in [0.15, 0.2) is 70.5 Å². The molecule has 0 fully saturated rings. The molecule has 0 unspecified atom stereocenters. The second-order valence-corrected chi connectivity index (χ2v) is 8.35. The van der Waals surface area contributed by atoms with Gasteiger partial charge in [0, 0.05) is 30.2 Å². The number of hydrogen-bond donors (Lipinski definition) is 0. The minimum atomic E-state index is 0.859. The second kappa shape index (κ2) is 8.03. The van der Waals surface area contributed by atoms with E-state index in [0.717, 1.165) is 29.1 Å². The Labute approximate surface area is 167 Å². The van der Waals surface area contributed by atoms with Gasteiger partial charge >= 0.3 is 0 Å². The fourth-order valence-corrected chi connectivity index (χ4v) is 4.93. The number of hydrogen-bond acceptors (Lipinski definition) is 4. The van der Waals surface area contributed by atoms with Crippen LogP contribution in [0.1, 0.15) is 16.8 Å². The predicted octanol–water partition coefficient (Wildman–Crippen LogP) is 5.77. The first-order valence-corrected chi connectivity index (χ1v) is 10.7. The summed E-state index contributed by atoms with van der Waals surface area (Å²) in [5.41, 5.74) is 5.83. The molecule has 27 heavy (non-hydrogen) atoms. The van der Waals surface area contributed by atoms with E-state index < -0.39 is 0 Å². The lowest BCUT2D eigenvalue weighted by molar-refractivity contribution is 0.675. The lowest BCUT2D eigenvalue weighted by atomic mass is 10.1. The van der Waals surface area contributed by atoms with E-state index >= 15 is 0 Å². The summed E-state index contributed by atoms with van der Waals surface area (Å²) in [7, 11) is 0. The van der Waals surface area contributed by atoms with Gasteiger partial charge in [-0.25, -0.2) is 4.99 Å². The third-order valence-electron chi connectivity index (χ3n) is 4.32. The van der Waals surface area contributed by atoms with Crippen molar-refractivity contribution in [3.05, 3.63) is 87.1 Å². The van der Waals surface area contributed by atoms with E-state index in [1.807, 2.05) is 18.3 Å². The number of aryl methyl sites for hydroxylation is 3. The summed E-state index contributed by atoms with van der Waals surface area (Å²) in [4.78, 5) is 11.7. The molecule has 0 bridgehead atoms. The Bertz CT molecular complexity index is 1070. The number of benzene rings is 1. The molecule has 3 aromatic heterocycles. The molecule has 1 aromatic carbocycles. The van der Waals surface area contributed by atoms with Crippen LogP contribution in [0.5, 0.6) is 0 Å². The van der Waals surface area contributed by atoms with Crippen LogP contribution in [0.3, 0.4) is 0 Å². The summed E-state index contributed by atoms with van der Waals surface area (Å²) in [5, 5.41) is 4.34. The zero-order valence-electron chi connectivity index (χ0n) is 15.4. The molecular weight excluding hydrogens is 370 g/mol. The van der Waals surface area contributed by atoms with Crippen molar-refractivity contribution in [2.75, 3.05) is 0 Å². The average molecular weight is 392 g/mol. The summed E-state index contributed by atoms with van der Waals surface area (Å²) in [6.07, 6.45) is 2.74. The quantitative estimate of drug-likeness (QED) is 0.425. The van der Waals surface area contributed by atoms with Crippen molar-refractivity contribution in [2.45, 2.75) is 26.8 Å². The first-order valence-electron chi connectivity index (χ1n) is 8.94. The van der Waals surface area contributed by atoms with Gasteiger partial charge in [0.2, 0.25) is 0 Å². The summed E-state index contributed by atoms with van der Waals surface area (Å²) in [6, 6.07) is 16.8. The number of aromatic nitrogens is 2. The van der Waals surface area contributed by atoms with Gasteiger partial charge in [0.15, 0.2) is 4.80 Å². The number of nitrogens with zero attached hydrogens (tertiary/aromatic N) is 3. The van der Waals surface area contributed by atoms with E-state index in [2.05, 4.69) is 70.6 Å². The van der Waals surface area contributed by atoms with E-state index in [0.29, 0.717) is 0 Å². The van der Waals surface area contributed by atoms with Crippen LogP contribution in [-0.2, 0) is 13.0 Å². The van der Waals surface area contributed by atoms with Crippen molar-refractivity contribution < 1.29 is 0 Å². The number of rotatable bonds is 5. The summed E-state index contributed by atoms with van der Waals surface area (Å²) in [6.45, 7) is 5.09. The van der Waals surface area contributed by atoms with Crippen molar-refractivity contribution in [1.29, 1.82) is 0 Å². The minimum absolute atomic E-state index is 0.859. The van der Waals surface area contributed by atoms with Gasteiger partial charge in [0.25, 0.3) is 0 Å². The Kier molecular flexibility index (Phi) is 5.32. The van der Waals surface area contributed by atoms with Crippen molar-refractivity contribution in [1.82, 2.24) is 9.55 Å². The highest BCUT2D eigenvalue weighted by atomic mass is 32.1. The highest BCUT2D eigenvalue weighted by Gasteiger charge is 2.10. The second-order valence-electron chi connectivity index (χ2n) is 6.56. The van der Waals surface area contributed by atoms with E-state index in [1.54, 1.807) is 22.7 Å². The maximum Gasteiger partial charge on any atom is 0.190 e. The van der Waals surface area contributed by atoms with Crippen molar-refractivity contribution in [3.8, 4) is 10.6 Å². The molecule has 0 N–H and O–H groups in total. The summed E-state index contributed by atoms with van der Waals surface area (Å²) < 4.78 is 2.32. The molecule has 136 valence electrons. The first kappa shape index (κ1) is 17.9. The Balaban J connectivity index is 1.76. The van der Waals surface area contributed by atoms with Gasteiger partial charge in [-0.15, -0.1) is 22.7 Å². The third kappa shape index (κ3) is 4.26. The maximum absolute atomic E-state index is 4.97. The Morgan fingerprint density at radius 3 is 2.56 bits per heavy atom. The number of pyridine rings is 1. The molecular formula is C22H21N3S2. The lowest BCUT2D eigenvalue weighted by Gasteiger charge is -2.08. The van der Waals surface area contributed by atoms with Gasteiger partial charge in [0.1, 0.15) is 0 Å². The molecule has 0 saturated heterocycles. The highest BCUT2D eigenvalue weighted by Crippen LogP contribution is 2.26. The van der Waals surface area contributed by atoms with Crippen molar-refractivity contribution in [3.63, 3.8) is 0 Å². The van der Waals surface area contributed by atoms with Crippen LogP contribution in [0.4, 0.5) is 5.69 Å². The molecule has 4 aromatic rings. The highest BCUT2D eigenvalue weighted by molar-refractivity contribution is 7.14. The molecule has 0 aliphatic carbocycles. The molecule has 5 heteroatoms. The fraction of sp³-hybridized carbons (Fsp3) is 0.182. The molecule has 0 aliphatic heterocycles. The predicted molar refractivity (Wildman–Crippen MR) is 115 cm³/mol. The van der Waals surface area contributed by atoms with E-state index in [-0.39, 0.29) is 0 Å². The fourth-order valence-electron chi connectivity index (χ4n) is 3.15. The summed E-state index contributed by atoms with van der Waals surface area (Å²) >= 11 is 3.46. The zero-order valence-corrected chi connectivity index (χ0v) is 17.1. The van der Waals surface area contributed by atoms with Gasteiger partial charge in [-0.1, -0.05) is 18.2 Å². The average Bonchev–Trinajstić information content (AvgIpc) is 3.30. The Hall–Kier alpha value is -2.50. The van der Waals surface area contributed by atoms with E-state index in [1.165, 1.54) is 21.7 Å². The van der Waals surface area contributed by atoms with Crippen LogP contribution >= 0.6 is 22.7 Å². The topological polar surface area (TPSA) is 30.2 Å². The van der Waals surface area contributed by atoms with Crippen molar-refractivity contribution >= 4 is 28.4 Å². The van der Waals surface area contributed by atoms with Crippen LogP contribution in [0, 0.1) is 13.8 Å². The molecule has 3 heterocycles. The zero-order chi connectivity index (χ0) is 18.6. The van der Waals surface area contributed by atoms with Crippen LogP contribution < -0.4 is 4.80 Å². The monoisotopic (exact) mass is 391 g/mol. The van der Waals surface area contributed by atoms with E-state index in [9.17, 15) is 0 Å². The SMILES string of the molecule is Cc1cc(C)cc(N=c2scc(-c3cccs3)n2CCc2ccccn2)c1. The number of thiophene rings is 1. The first-order chi connectivity index (χ1) is 13.2. The largest absolute Gasteiger partial charge is 0.315 e. The van der Waals surface area contributed by atoms with Gasteiger partial charge in [-0.3, -0.25) is 4.98 Å². The summed E-state index contributed by atoms with van der Waals surface area (Å²) in [5.74, 6) is 0. The van der Waals surface area contributed by atoms with E-state index in [4.69, 9.17) is 4.99 Å². The molecule has 0 atom stereocenters. The normalized spacial score (nSPS) is 11.9. The van der Waals surface area contributed by atoms with Gasteiger partial charge in [-0.2, -0.15) is 0 Å². The maximum atomic E-state index is 4.97. The van der Waals surface area contributed by atoms with Gasteiger partial charge < -0.3 is 4.57 Å². The van der Waals surface area contributed by atoms with Crippen LogP contribution in [0.2, 0.25) is 0 Å². The standard InChI is InChI=1S/C22H21N3S2/c1-16-12-17(2)14-19(13-16)24-22-25(10-8-18-6-3-4-9-23-18)20(15-27-22)21-7-5-11-26-21/h3-7,9,11-15H,8,10H2,1-2H3. The molecule has 4 rings (SSSR count). The Morgan fingerprint density at radius 1 is 1.00 bits per heavy atom. The minimum Gasteiger partial charge on any atom is -0.315 e. The molecule has 0 saturated carbocycles. The molecule has 0 amide bonds. The van der Waals surface area contributed by atoms with Gasteiger partial charge in [0.05, 0.1) is 16.3 Å². The molecule has 0 aliphatic rings. The van der Waals surface area contributed by atoms with Crippen molar-refractivity contribution in [2.24, 2.45) is 4.99 Å². The van der Waals surface area contributed by atoms with Gasteiger partial charge in [-0.05, 0) is 60.7 Å². The van der Waals surface area contributed by atoms with Crippen LogP contribution in [0.25, 0.3) is 10.6 Å². The van der Waals surface area contributed by atoms with Crippen LogP contribution in [-0.4, -0.2) is 9.55 Å². The number of thiazole rings is 1. The Morgan fingerprint density at radius 2 is 1.85 bits per heavy atom. The smallest absolute Gasteiger partial charge is 0.190 e. The molecule has 3 nitrogen and oxygen atoms in total.